The molecule has 0 fully saturated rings. The normalized spacial score (nSPS) is 11.6. The Morgan fingerprint density at radius 1 is 1.22 bits per heavy atom. The summed E-state index contributed by atoms with van der Waals surface area (Å²) < 4.78 is 1.95. The molecule has 0 saturated carbocycles. The van der Waals surface area contributed by atoms with E-state index in [-0.39, 0.29) is 17.3 Å². The Bertz CT molecular complexity index is 840. The van der Waals surface area contributed by atoms with Gasteiger partial charge in [0.15, 0.2) is 5.84 Å². The molecule has 3 aromatic rings. The van der Waals surface area contributed by atoms with Crippen LogP contribution in [-0.2, 0) is 0 Å². The second kappa shape index (κ2) is 6.58. The van der Waals surface area contributed by atoms with Gasteiger partial charge in [-0.15, -0.1) is 0 Å². The first-order valence-corrected chi connectivity index (χ1v) is 7.81. The fourth-order valence-electron chi connectivity index (χ4n) is 2.00. The zero-order chi connectivity index (χ0) is 16.2. The van der Waals surface area contributed by atoms with Crippen LogP contribution in [0.4, 0.5) is 5.69 Å². The number of rotatable bonds is 4. The minimum Gasteiger partial charge on any atom is -0.506 e. The van der Waals surface area contributed by atoms with Gasteiger partial charge in [-0.25, -0.2) is 9.98 Å². The molecule has 6 heteroatoms. The Morgan fingerprint density at radius 3 is 2.74 bits per heavy atom. The molecule has 0 aliphatic heterocycles. The van der Waals surface area contributed by atoms with Crippen LogP contribution in [0.2, 0.25) is 0 Å². The van der Waals surface area contributed by atoms with Crippen LogP contribution in [0.15, 0.2) is 70.9 Å². The Morgan fingerprint density at radius 2 is 2.00 bits per heavy atom. The summed E-state index contributed by atoms with van der Waals surface area (Å²) in [6.45, 7) is 2.06. The number of aromatic hydroxyl groups is 1. The van der Waals surface area contributed by atoms with E-state index < -0.39 is 0 Å². The zero-order valence-electron chi connectivity index (χ0n) is 12.5. The third-order valence-electron chi connectivity index (χ3n) is 3.16. The van der Waals surface area contributed by atoms with Crippen molar-refractivity contribution >= 4 is 23.5 Å². The number of hydrogen-bond acceptors (Lipinski definition) is 4. The van der Waals surface area contributed by atoms with Crippen molar-refractivity contribution < 1.29 is 5.11 Å². The fourth-order valence-corrected chi connectivity index (χ4v) is 2.78. The van der Waals surface area contributed by atoms with Crippen molar-refractivity contribution in [2.75, 3.05) is 0 Å². The van der Waals surface area contributed by atoms with E-state index in [1.165, 1.54) is 11.6 Å². The van der Waals surface area contributed by atoms with E-state index in [0.29, 0.717) is 5.69 Å². The van der Waals surface area contributed by atoms with Crippen molar-refractivity contribution in [3.8, 4) is 5.75 Å². The lowest BCUT2D eigenvalue weighted by atomic mass is 10.2. The lowest BCUT2D eigenvalue weighted by Gasteiger charge is -2.02. The second-order valence-electron chi connectivity index (χ2n) is 5.00. The van der Waals surface area contributed by atoms with Crippen LogP contribution in [0.5, 0.6) is 5.75 Å². The zero-order valence-corrected chi connectivity index (χ0v) is 13.4. The van der Waals surface area contributed by atoms with E-state index in [0.717, 1.165) is 4.90 Å². The number of pyridine rings is 1. The van der Waals surface area contributed by atoms with E-state index in [1.54, 1.807) is 24.2 Å². The molecule has 2 heterocycles. The summed E-state index contributed by atoms with van der Waals surface area (Å²) in [6.07, 6.45) is 5.35. The molecule has 23 heavy (non-hydrogen) atoms. The highest BCUT2D eigenvalue weighted by atomic mass is 32.2. The van der Waals surface area contributed by atoms with E-state index in [4.69, 9.17) is 5.73 Å². The van der Waals surface area contributed by atoms with Gasteiger partial charge >= 0.3 is 0 Å². The number of aromatic nitrogens is 2. The molecule has 5 nitrogen and oxygen atoms in total. The number of nitrogens with zero attached hydrogens (tertiary/aromatic N) is 3. The predicted molar refractivity (Wildman–Crippen MR) is 93.2 cm³/mol. The largest absolute Gasteiger partial charge is 0.506 e. The molecule has 3 rings (SSSR count). The number of nitrogens with two attached hydrogens (primary N) is 1. The molecule has 0 unspecified atom stereocenters. The van der Waals surface area contributed by atoms with E-state index in [9.17, 15) is 5.11 Å². The Hall–Kier alpha value is -2.73. The number of amidine groups is 1. The molecule has 3 N–H and O–H groups in total. The van der Waals surface area contributed by atoms with Crippen molar-refractivity contribution in [1.82, 2.24) is 8.96 Å². The molecule has 0 spiro atoms. The van der Waals surface area contributed by atoms with Crippen molar-refractivity contribution in [3.05, 3.63) is 72.3 Å². The maximum atomic E-state index is 9.75. The molecule has 0 aliphatic rings. The number of hydrogen-bond donors (Lipinski definition) is 2. The van der Waals surface area contributed by atoms with Crippen LogP contribution in [0.1, 0.15) is 11.3 Å². The van der Waals surface area contributed by atoms with Crippen molar-refractivity contribution in [2.24, 2.45) is 10.7 Å². The first-order valence-electron chi connectivity index (χ1n) is 7.03. The lowest BCUT2D eigenvalue weighted by molar-refractivity contribution is 0.471. The third kappa shape index (κ3) is 3.73. The summed E-state index contributed by atoms with van der Waals surface area (Å²) in [5, 5.41) is 9.75. The van der Waals surface area contributed by atoms with Crippen LogP contribution in [0.3, 0.4) is 0 Å². The number of aryl methyl sites for hydroxylation is 1. The van der Waals surface area contributed by atoms with Gasteiger partial charge < -0.3 is 10.8 Å². The van der Waals surface area contributed by atoms with E-state index in [1.807, 2.05) is 22.4 Å². The number of benzene rings is 1. The maximum Gasteiger partial charge on any atom is 0.153 e. The summed E-state index contributed by atoms with van der Waals surface area (Å²) in [4.78, 5) is 9.48. The fraction of sp³-hybridized carbons (Fsp3) is 0.0588. The van der Waals surface area contributed by atoms with Gasteiger partial charge in [0.1, 0.15) is 11.4 Å². The summed E-state index contributed by atoms with van der Waals surface area (Å²) >= 11 is 1.58. The molecule has 116 valence electrons. The van der Waals surface area contributed by atoms with E-state index >= 15 is 0 Å². The molecule has 0 aliphatic carbocycles. The second-order valence-corrected chi connectivity index (χ2v) is 6.08. The summed E-state index contributed by atoms with van der Waals surface area (Å²) in [7, 11) is 0. The van der Waals surface area contributed by atoms with Crippen molar-refractivity contribution in [3.63, 3.8) is 0 Å². The quantitative estimate of drug-likeness (QED) is 0.569. The van der Waals surface area contributed by atoms with E-state index in [2.05, 4.69) is 41.2 Å². The molecule has 2 aromatic heterocycles. The molecular weight excluding hydrogens is 308 g/mol. The summed E-state index contributed by atoms with van der Waals surface area (Å²) in [5.41, 5.74) is 8.13. The topological polar surface area (TPSA) is 76.4 Å². The molecule has 0 radical (unpaired) electrons. The lowest BCUT2D eigenvalue weighted by Crippen LogP contribution is -2.14. The van der Waals surface area contributed by atoms with Crippen LogP contribution >= 0.6 is 11.9 Å². The number of aliphatic imine (C=N–C) groups is 1. The van der Waals surface area contributed by atoms with Crippen molar-refractivity contribution in [1.29, 1.82) is 0 Å². The molecule has 0 atom stereocenters. The summed E-state index contributed by atoms with van der Waals surface area (Å²) in [5.74, 6) is 0.198. The minimum atomic E-state index is 0.0159. The Kier molecular flexibility index (Phi) is 4.34. The van der Waals surface area contributed by atoms with Gasteiger partial charge in [0, 0.05) is 23.5 Å². The van der Waals surface area contributed by atoms with Gasteiger partial charge in [0.2, 0.25) is 0 Å². The molecule has 0 amide bonds. The predicted octanol–water partition coefficient (Wildman–Crippen LogP) is 3.49. The first-order chi connectivity index (χ1) is 11.1. The molecule has 0 saturated heterocycles. The van der Waals surface area contributed by atoms with Gasteiger partial charge in [0.05, 0.1) is 5.69 Å². The standard InChI is InChI=1S/C17H16N4OS/c1-12-4-6-14(7-5-12)23-21-10-8-13(11-21)20-17(18)16-15(22)3-2-9-19-16/h2-11,22H,1H3,(H2,18,20). The smallest absolute Gasteiger partial charge is 0.153 e. The van der Waals surface area contributed by atoms with Gasteiger partial charge in [-0.3, -0.25) is 3.97 Å². The average Bonchev–Trinajstić information content (AvgIpc) is 2.97. The van der Waals surface area contributed by atoms with Crippen LogP contribution in [0, 0.1) is 6.92 Å². The Balaban J connectivity index is 1.78. The highest BCUT2D eigenvalue weighted by molar-refractivity contribution is 7.97. The third-order valence-corrected chi connectivity index (χ3v) is 4.08. The van der Waals surface area contributed by atoms with Gasteiger partial charge in [-0.1, -0.05) is 17.7 Å². The van der Waals surface area contributed by atoms with Crippen molar-refractivity contribution in [2.45, 2.75) is 11.8 Å². The highest BCUT2D eigenvalue weighted by Crippen LogP contribution is 2.24. The van der Waals surface area contributed by atoms with Crippen LogP contribution in [0.25, 0.3) is 0 Å². The SMILES string of the molecule is Cc1ccc(Sn2ccc(N=C(N)c3ncccc3O)c2)cc1. The molecular formula is C17H16N4OS. The van der Waals surface area contributed by atoms with Crippen LogP contribution in [-0.4, -0.2) is 19.9 Å². The highest BCUT2D eigenvalue weighted by Gasteiger charge is 2.07. The minimum absolute atomic E-state index is 0.0159. The summed E-state index contributed by atoms with van der Waals surface area (Å²) in [6, 6.07) is 13.3. The van der Waals surface area contributed by atoms with Crippen LogP contribution < -0.4 is 5.73 Å². The van der Waals surface area contributed by atoms with Gasteiger partial charge in [-0.2, -0.15) is 0 Å². The van der Waals surface area contributed by atoms with Gasteiger partial charge in [-0.05, 0) is 49.2 Å². The maximum absolute atomic E-state index is 9.75. The molecule has 0 bridgehead atoms. The monoisotopic (exact) mass is 324 g/mol. The first kappa shape index (κ1) is 15.2. The average molecular weight is 324 g/mol. The Labute approximate surface area is 138 Å². The molecule has 1 aromatic carbocycles. The van der Waals surface area contributed by atoms with Gasteiger partial charge in [0.25, 0.3) is 0 Å².